The predicted octanol–water partition coefficient (Wildman–Crippen LogP) is 3.17. The third-order valence-corrected chi connectivity index (χ3v) is 6.06. The van der Waals surface area contributed by atoms with E-state index in [4.69, 9.17) is 0 Å². The Morgan fingerprint density at radius 1 is 1.35 bits per heavy atom. The van der Waals surface area contributed by atoms with Gasteiger partial charge in [0, 0.05) is 11.4 Å². The Labute approximate surface area is 129 Å². The minimum absolute atomic E-state index is 0.150. The molecule has 1 heterocycles. The highest BCUT2D eigenvalue weighted by molar-refractivity contribution is 9.11. The van der Waals surface area contributed by atoms with Crippen LogP contribution in [0.3, 0.4) is 0 Å². The van der Waals surface area contributed by atoms with E-state index in [1.807, 2.05) is 0 Å². The fourth-order valence-corrected chi connectivity index (χ4v) is 5.35. The van der Waals surface area contributed by atoms with E-state index in [2.05, 4.69) is 26.0 Å². The van der Waals surface area contributed by atoms with E-state index in [-0.39, 0.29) is 10.6 Å². The van der Waals surface area contributed by atoms with Gasteiger partial charge in [0.25, 0.3) is 10.0 Å². The highest BCUT2D eigenvalue weighted by atomic mass is 79.9. The second-order valence-corrected chi connectivity index (χ2v) is 8.10. The Hall–Kier alpha value is -0.960. The van der Waals surface area contributed by atoms with Gasteiger partial charge in [-0.25, -0.2) is 12.8 Å². The van der Waals surface area contributed by atoms with Crippen LogP contribution >= 0.6 is 27.3 Å². The second-order valence-electron chi connectivity index (χ2n) is 4.00. The first-order chi connectivity index (χ1) is 9.42. The summed E-state index contributed by atoms with van der Waals surface area (Å²) in [5, 5.41) is 2.96. The molecule has 0 saturated carbocycles. The summed E-state index contributed by atoms with van der Waals surface area (Å²) in [6, 6.07) is 6.92. The highest BCUT2D eigenvalue weighted by Crippen LogP contribution is 2.32. The standard InChI is InChI=1S/C12H12BrFN2O2S2/c1-15-7-10-6-11(12(13)19-10)20(17,18)16-9-4-2-3-8(14)5-9/h2-6,15-16H,7H2,1H3. The van der Waals surface area contributed by atoms with Crippen LogP contribution in [0.5, 0.6) is 0 Å². The molecule has 1 aromatic heterocycles. The molecule has 0 aliphatic rings. The lowest BCUT2D eigenvalue weighted by Gasteiger charge is -2.07. The van der Waals surface area contributed by atoms with Gasteiger partial charge in [0.15, 0.2) is 0 Å². The van der Waals surface area contributed by atoms with Crippen molar-refractivity contribution in [2.75, 3.05) is 11.8 Å². The fourth-order valence-electron chi connectivity index (χ4n) is 1.60. The van der Waals surface area contributed by atoms with Gasteiger partial charge in [-0.1, -0.05) is 6.07 Å². The molecule has 0 amide bonds. The van der Waals surface area contributed by atoms with Gasteiger partial charge in [-0.2, -0.15) is 0 Å². The van der Waals surface area contributed by atoms with Crippen molar-refractivity contribution in [3.8, 4) is 0 Å². The molecule has 4 nitrogen and oxygen atoms in total. The normalized spacial score (nSPS) is 11.6. The zero-order valence-electron chi connectivity index (χ0n) is 10.5. The van der Waals surface area contributed by atoms with E-state index < -0.39 is 15.8 Å². The zero-order chi connectivity index (χ0) is 14.8. The van der Waals surface area contributed by atoms with Gasteiger partial charge in [0.1, 0.15) is 10.7 Å². The summed E-state index contributed by atoms with van der Waals surface area (Å²) in [6.45, 7) is 0.582. The first-order valence-corrected chi connectivity index (χ1v) is 8.73. The van der Waals surface area contributed by atoms with Crippen molar-refractivity contribution in [2.24, 2.45) is 0 Å². The van der Waals surface area contributed by atoms with Crippen LogP contribution in [-0.2, 0) is 16.6 Å². The van der Waals surface area contributed by atoms with Gasteiger partial charge in [-0.05, 0) is 47.2 Å². The smallest absolute Gasteiger partial charge is 0.263 e. The van der Waals surface area contributed by atoms with Crippen molar-refractivity contribution in [1.29, 1.82) is 0 Å². The van der Waals surface area contributed by atoms with Crippen molar-refractivity contribution >= 4 is 43.0 Å². The monoisotopic (exact) mass is 378 g/mol. The topological polar surface area (TPSA) is 58.2 Å². The van der Waals surface area contributed by atoms with E-state index in [9.17, 15) is 12.8 Å². The number of hydrogen-bond donors (Lipinski definition) is 2. The molecule has 2 rings (SSSR count). The number of hydrogen-bond acceptors (Lipinski definition) is 4. The lowest BCUT2D eigenvalue weighted by molar-refractivity contribution is 0.601. The van der Waals surface area contributed by atoms with Crippen LogP contribution in [0.4, 0.5) is 10.1 Å². The van der Waals surface area contributed by atoms with E-state index in [1.165, 1.54) is 29.5 Å². The van der Waals surface area contributed by atoms with E-state index in [1.54, 1.807) is 13.1 Å². The van der Waals surface area contributed by atoms with Crippen LogP contribution in [0, 0.1) is 5.82 Å². The van der Waals surface area contributed by atoms with Gasteiger partial charge in [0.2, 0.25) is 0 Å². The van der Waals surface area contributed by atoms with Crippen LogP contribution in [0.2, 0.25) is 0 Å². The number of anilines is 1. The molecule has 8 heteroatoms. The molecule has 2 aromatic rings. The number of thiophene rings is 1. The summed E-state index contributed by atoms with van der Waals surface area (Å²) in [7, 11) is -1.95. The predicted molar refractivity (Wildman–Crippen MR) is 82.0 cm³/mol. The Kier molecular flexibility index (Phi) is 4.79. The van der Waals surface area contributed by atoms with Crippen molar-refractivity contribution < 1.29 is 12.8 Å². The van der Waals surface area contributed by atoms with Crippen LogP contribution in [0.1, 0.15) is 4.88 Å². The van der Waals surface area contributed by atoms with Crippen molar-refractivity contribution in [3.05, 3.63) is 44.8 Å². The molecule has 2 N–H and O–H groups in total. The summed E-state index contributed by atoms with van der Waals surface area (Å²) in [6.07, 6.45) is 0. The summed E-state index contributed by atoms with van der Waals surface area (Å²) >= 11 is 4.59. The average molecular weight is 379 g/mol. The Morgan fingerprint density at radius 2 is 2.10 bits per heavy atom. The van der Waals surface area contributed by atoms with Gasteiger partial charge in [-0.3, -0.25) is 4.72 Å². The molecular formula is C12H12BrFN2O2S2. The highest BCUT2D eigenvalue weighted by Gasteiger charge is 2.21. The van der Waals surface area contributed by atoms with Gasteiger partial charge in [0.05, 0.1) is 9.47 Å². The Morgan fingerprint density at radius 3 is 2.75 bits per heavy atom. The summed E-state index contributed by atoms with van der Waals surface area (Å²) in [5.74, 6) is -0.495. The molecule has 0 saturated heterocycles. The summed E-state index contributed by atoms with van der Waals surface area (Å²) in [4.78, 5) is 1.04. The average Bonchev–Trinajstić information content (AvgIpc) is 2.71. The molecule has 0 unspecified atom stereocenters. The molecule has 0 bridgehead atoms. The van der Waals surface area contributed by atoms with E-state index in [0.717, 1.165) is 10.9 Å². The number of sulfonamides is 1. The molecule has 1 aromatic carbocycles. The third-order valence-electron chi connectivity index (χ3n) is 2.42. The first-order valence-electron chi connectivity index (χ1n) is 5.63. The molecule has 0 atom stereocenters. The molecule has 0 fully saturated rings. The van der Waals surface area contributed by atoms with E-state index >= 15 is 0 Å². The minimum atomic E-state index is -3.74. The number of benzene rings is 1. The number of nitrogens with one attached hydrogen (secondary N) is 2. The van der Waals surface area contributed by atoms with Gasteiger partial charge in [-0.15, -0.1) is 11.3 Å². The molecular weight excluding hydrogens is 367 g/mol. The number of rotatable bonds is 5. The largest absolute Gasteiger partial charge is 0.315 e. The van der Waals surface area contributed by atoms with Crippen LogP contribution in [0.25, 0.3) is 0 Å². The maximum atomic E-state index is 13.1. The Balaban J connectivity index is 2.30. The van der Waals surface area contributed by atoms with Crippen LogP contribution < -0.4 is 10.0 Å². The lowest BCUT2D eigenvalue weighted by atomic mass is 10.3. The maximum absolute atomic E-state index is 13.1. The third kappa shape index (κ3) is 3.57. The molecule has 0 aliphatic heterocycles. The molecule has 0 aliphatic carbocycles. The Bertz CT molecular complexity index is 716. The molecule has 20 heavy (non-hydrogen) atoms. The second kappa shape index (κ2) is 6.21. The fraction of sp³-hybridized carbons (Fsp3) is 0.167. The van der Waals surface area contributed by atoms with Crippen LogP contribution in [-0.4, -0.2) is 15.5 Å². The number of halogens is 2. The minimum Gasteiger partial charge on any atom is -0.315 e. The molecule has 0 spiro atoms. The molecule has 108 valence electrons. The van der Waals surface area contributed by atoms with Crippen molar-refractivity contribution in [3.63, 3.8) is 0 Å². The summed E-state index contributed by atoms with van der Waals surface area (Å²) in [5.41, 5.74) is 0.193. The van der Waals surface area contributed by atoms with Gasteiger partial charge < -0.3 is 5.32 Å². The van der Waals surface area contributed by atoms with E-state index in [0.29, 0.717) is 10.3 Å². The lowest BCUT2D eigenvalue weighted by Crippen LogP contribution is -2.12. The SMILES string of the molecule is CNCc1cc(S(=O)(=O)Nc2cccc(F)c2)c(Br)s1. The summed E-state index contributed by atoms with van der Waals surface area (Å²) < 4.78 is 40.5. The van der Waals surface area contributed by atoms with Gasteiger partial charge >= 0.3 is 0 Å². The maximum Gasteiger partial charge on any atom is 0.263 e. The van der Waals surface area contributed by atoms with Crippen molar-refractivity contribution in [2.45, 2.75) is 11.4 Å². The quantitative estimate of drug-likeness (QED) is 0.839. The molecule has 0 radical (unpaired) electrons. The van der Waals surface area contributed by atoms with Crippen molar-refractivity contribution in [1.82, 2.24) is 5.32 Å². The van der Waals surface area contributed by atoms with Crippen LogP contribution in [0.15, 0.2) is 39.0 Å². The zero-order valence-corrected chi connectivity index (χ0v) is 13.7. The first kappa shape index (κ1) is 15.4.